The highest BCUT2D eigenvalue weighted by Crippen LogP contribution is 2.21. The summed E-state index contributed by atoms with van der Waals surface area (Å²) in [6.07, 6.45) is 5.55. The fourth-order valence-corrected chi connectivity index (χ4v) is 5.10. The molecule has 0 aliphatic carbocycles. The van der Waals surface area contributed by atoms with Crippen molar-refractivity contribution in [3.8, 4) is 0 Å². The smallest absolute Gasteiger partial charge is 0.332 e. The second kappa shape index (κ2) is 17.7. The van der Waals surface area contributed by atoms with Gasteiger partial charge in [0, 0.05) is 13.0 Å². The van der Waals surface area contributed by atoms with Crippen molar-refractivity contribution >= 4 is 23.8 Å². The van der Waals surface area contributed by atoms with Gasteiger partial charge in [0.05, 0.1) is 24.5 Å². The summed E-state index contributed by atoms with van der Waals surface area (Å²) in [4.78, 5) is 54.3. The Morgan fingerprint density at radius 2 is 1.53 bits per heavy atom. The Morgan fingerprint density at radius 1 is 0.907 bits per heavy atom. The molecule has 0 unspecified atom stereocenters. The second-order valence-electron chi connectivity index (χ2n) is 10.7. The average Bonchev–Trinajstić information content (AvgIpc) is 3.51. The van der Waals surface area contributed by atoms with Crippen molar-refractivity contribution in [3.63, 3.8) is 0 Å². The van der Waals surface area contributed by atoms with Crippen molar-refractivity contribution in [1.29, 1.82) is 0 Å². The van der Waals surface area contributed by atoms with Gasteiger partial charge in [0.15, 0.2) is 6.04 Å². The second-order valence-corrected chi connectivity index (χ2v) is 10.7. The molecule has 0 bridgehead atoms. The maximum absolute atomic E-state index is 13.4. The monoisotopic (exact) mass is 590 g/mol. The van der Waals surface area contributed by atoms with Gasteiger partial charge >= 0.3 is 11.9 Å². The first kappa shape index (κ1) is 33.3. The molecule has 2 aromatic carbocycles. The highest BCUT2D eigenvalue weighted by atomic mass is 16.6. The third kappa shape index (κ3) is 10.5. The molecule has 9 heteroatoms. The van der Waals surface area contributed by atoms with Crippen LogP contribution in [0.15, 0.2) is 86.0 Å². The molecule has 1 aliphatic rings. The highest BCUT2D eigenvalue weighted by Gasteiger charge is 2.33. The molecule has 1 heterocycles. The van der Waals surface area contributed by atoms with Crippen molar-refractivity contribution in [1.82, 2.24) is 10.2 Å². The zero-order valence-corrected chi connectivity index (χ0v) is 24.6. The molecule has 9 nitrogen and oxygen atoms in total. The zero-order chi connectivity index (χ0) is 31.0. The molecule has 3 rings (SSSR count). The number of carbonyl (C=O) groups excluding carboxylic acids is 4. The Morgan fingerprint density at radius 3 is 2.16 bits per heavy atom. The molecule has 1 aliphatic heterocycles. The molecular weight excluding hydrogens is 548 g/mol. The fraction of sp³-hybridized carbons (Fsp3) is 0.412. The maximum Gasteiger partial charge on any atom is 0.332 e. The molecule has 1 saturated heterocycles. The Kier molecular flexibility index (Phi) is 13.7. The molecule has 43 heavy (non-hydrogen) atoms. The third-order valence-corrected chi connectivity index (χ3v) is 7.48. The van der Waals surface area contributed by atoms with Crippen molar-refractivity contribution in [2.75, 3.05) is 19.8 Å². The van der Waals surface area contributed by atoms with Crippen molar-refractivity contribution in [2.45, 2.75) is 57.2 Å². The van der Waals surface area contributed by atoms with E-state index in [4.69, 9.17) is 9.47 Å². The molecule has 0 saturated carbocycles. The number of aliphatic hydroxyl groups excluding tert-OH is 1. The number of amides is 2. The lowest BCUT2D eigenvalue weighted by molar-refractivity contribution is -0.157. The van der Waals surface area contributed by atoms with E-state index in [9.17, 15) is 24.3 Å². The van der Waals surface area contributed by atoms with E-state index in [1.807, 2.05) is 48.5 Å². The number of ether oxygens (including phenoxy) is 2. The Balaban J connectivity index is 1.70. The maximum atomic E-state index is 13.4. The zero-order valence-electron chi connectivity index (χ0n) is 24.6. The molecule has 4 atom stereocenters. The first-order chi connectivity index (χ1) is 20.9. The molecule has 0 spiro atoms. The molecule has 0 radical (unpaired) electrons. The van der Waals surface area contributed by atoms with Gasteiger partial charge in [0.1, 0.15) is 13.2 Å². The lowest BCUT2D eigenvalue weighted by Crippen LogP contribution is -2.48. The van der Waals surface area contributed by atoms with Gasteiger partial charge in [-0.15, -0.1) is 13.2 Å². The molecule has 2 N–H and O–H groups in total. The van der Waals surface area contributed by atoms with Gasteiger partial charge in [-0.2, -0.15) is 0 Å². The lowest BCUT2D eigenvalue weighted by Gasteiger charge is -2.26. The number of hydrogen-bond acceptors (Lipinski definition) is 7. The number of carbonyl (C=O) groups is 4. The van der Waals surface area contributed by atoms with Crippen LogP contribution in [0.4, 0.5) is 0 Å². The molecule has 2 amide bonds. The van der Waals surface area contributed by atoms with Gasteiger partial charge in [0.2, 0.25) is 11.8 Å². The van der Waals surface area contributed by atoms with Crippen LogP contribution in [0.1, 0.15) is 43.2 Å². The number of nitrogens with zero attached hydrogens (tertiary/aromatic N) is 1. The van der Waals surface area contributed by atoms with Crippen molar-refractivity contribution < 1.29 is 33.8 Å². The van der Waals surface area contributed by atoms with E-state index in [0.717, 1.165) is 17.5 Å². The standard InChI is InChI=1S/C34H42N2O7/c1-3-12-27(21-31(38)36-19-11-18-29(36)22-37)32(39)35-30(34(41)42-23-26-16-9-6-10-17-26)24-43-33(40)28(13-4-2)20-25-14-7-5-8-15-25/h3-10,14-17,27-30,37H,1-2,11-13,18-24H2,(H,35,39)/t27-,28+,29-,30+/m0/s1. The highest BCUT2D eigenvalue weighted by molar-refractivity contribution is 5.89. The van der Waals surface area contributed by atoms with Gasteiger partial charge in [-0.3, -0.25) is 14.4 Å². The first-order valence-corrected chi connectivity index (χ1v) is 14.7. The Bertz CT molecular complexity index is 1220. The van der Waals surface area contributed by atoms with Crippen LogP contribution in [0, 0.1) is 11.8 Å². The summed E-state index contributed by atoms with van der Waals surface area (Å²) in [5, 5.41) is 12.3. The summed E-state index contributed by atoms with van der Waals surface area (Å²) in [5.41, 5.74) is 1.71. The number of nitrogens with one attached hydrogen (secondary N) is 1. The van der Waals surface area contributed by atoms with E-state index in [1.54, 1.807) is 23.1 Å². The van der Waals surface area contributed by atoms with Crippen LogP contribution in [0.5, 0.6) is 0 Å². The predicted molar refractivity (Wildman–Crippen MR) is 162 cm³/mol. The lowest BCUT2D eigenvalue weighted by atomic mass is 9.96. The summed E-state index contributed by atoms with van der Waals surface area (Å²) in [6, 6.07) is 17.0. The van der Waals surface area contributed by atoms with Crippen molar-refractivity contribution in [3.05, 3.63) is 97.1 Å². The van der Waals surface area contributed by atoms with Gasteiger partial charge in [-0.05, 0) is 43.2 Å². The van der Waals surface area contributed by atoms with Crippen LogP contribution in [-0.4, -0.2) is 65.6 Å². The largest absolute Gasteiger partial charge is 0.463 e. The topological polar surface area (TPSA) is 122 Å². The van der Waals surface area contributed by atoms with Crippen molar-refractivity contribution in [2.24, 2.45) is 11.8 Å². The summed E-state index contributed by atoms with van der Waals surface area (Å²) in [5.74, 6) is -3.43. The molecular formula is C34H42N2O7. The summed E-state index contributed by atoms with van der Waals surface area (Å²) in [6.45, 7) is 7.38. The van der Waals surface area contributed by atoms with Crippen LogP contribution in [0.25, 0.3) is 0 Å². The quantitative estimate of drug-likeness (QED) is 0.213. The van der Waals surface area contributed by atoms with Gasteiger partial charge in [-0.1, -0.05) is 72.8 Å². The Hall–Kier alpha value is -4.24. The van der Waals surface area contributed by atoms with Gasteiger partial charge < -0.3 is 24.8 Å². The molecule has 2 aromatic rings. The SMILES string of the molecule is C=CC[C@@H](CC(=O)N1CCC[C@H]1CO)C(=O)N[C@H](COC(=O)[C@H](CC=C)Cc1ccccc1)C(=O)OCc1ccccc1. The number of allylic oxidation sites excluding steroid dienone is 2. The summed E-state index contributed by atoms with van der Waals surface area (Å²) in [7, 11) is 0. The van der Waals surface area contributed by atoms with E-state index in [-0.39, 0.29) is 38.0 Å². The minimum absolute atomic E-state index is 0.0286. The van der Waals surface area contributed by atoms with E-state index >= 15 is 0 Å². The third-order valence-electron chi connectivity index (χ3n) is 7.48. The van der Waals surface area contributed by atoms with Crippen LogP contribution >= 0.6 is 0 Å². The van der Waals surface area contributed by atoms with E-state index in [2.05, 4.69) is 18.5 Å². The number of hydrogen-bond donors (Lipinski definition) is 2. The average molecular weight is 591 g/mol. The molecule has 1 fully saturated rings. The minimum atomic E-state index is -1.29. The number of esters is 2. The van der Waals surface area contributed by atoms with Gasteiger partial charge in [0.25, 0.3) is 0 Å². The minimum Gasteiger partial charge on any atom is -0.463 e. The molecule has 0 aromatic heterocycles. The summed E-state index contributed by atoms with van der Waals surface area (Å²) < 4.78 is 11.0. The van der Waals surface area contributed by atoms with E-state index in [0.29, 0.717) is 25.8 Å². The molecule has 230 valence electrons. The number of benzene rings is 2. The fourth-order valence-electron chi connectivity index (χ4n) is 5.10. The summed E-state index contributed by atoms with van der Waals surface area (Å²) >= 11 is 0. The van der Waals surface area contributed by atoms with E-state index < -0.39 is 42.3 Å². The van der Waals surface area contributed by atoms with Crippen LogP contribution in [0.2, 0.25) is 0 Å². The van der Waals surface area contributed by atoms with Crippen LogP contribution in [-0.2, 0) is 41.7 Å². The number of likely N-dealkylation sites (tertiary alicyclic amines) is 1. The van der Waals surface area contributed by atoms with Crippen LogP contribution in [0.3, 0.4) is 0 Å². The normalized spacial score (nSPS) is 16.4. The van der Waals surface area contributed by atoms with Gasteiger partial charge in [-0.25, -0.2) is 4.79 Å². The Labute approximate surface area is 253 Å². The predicted octanol–water partition coefficient (Wildman–Crippen LogP) is 3.76. The number of rotatable bonds is 17. The number of aliphatic hydroxyl groups is 1. The van der Waals surface area contributed by atoms with E-state index in [1.165, 1.54) is 6.08 Å². The van der Waals surface area contributed by atoms with Crippen LogP contribution < -0.4 is 5.32 Å². The first-order valence-electron chi connectivity index (χ1n) is 14.7.